The molecule has 0 unspecified atom stereocenters. The van der Waals surface area contributed by atoms with Gasteiger partial charge in [-0.2, -0.15) is 5.10 Å². The number of esters is 1. The van der Waals surface area contributed by atoms with Crippen molar-refractivity contribution in [2.24, 2.45) is 34.5 Å². The summed E-state index contributed by atoms with van der Waals surface area (Å²) in [5.74, 6) is -1.32. The molecule has 0 aliphatic heterocycles. The van der Waals surface area contributed by atoms with E-state index in [2.05, 4.69) is 18.9 Å². The Kier molecular flexibility index (Phi) is 5.77. The summed E-state index contributed by atoms with van der Waals surface area (Å²) >= 11 is 0. The molecule has 0 aromatic carbocycles. The van der Waals surface area contributed by atoms with Crippen molar-refractivity contribution in [3.05, 3.63) is 40.2 Å². The molecule has 2 bridgehead atoms. The van der Waals surface area contributed by atoms with Crippen molar-refractivity contribution in [1.29, 1.82) is 0 Å². The number of aliphatic hydroxyl groups is 3. The summed E-state index contributed by atoms with van der Waals surface area (Å²) in [6, 6.07) is 0.0406. The molecule has 8 nitrogen and oxygen atoms in total. The van der Waals surface area contributed by atoms with Crippen LogP contribution in [0.15, 0.2) is 23.3 Å². The predicted octanol–water partition coefficient (Wildman–Crippen LogP) is 3.07. The lowest BCUT2D eigenvalue weighted by Crippen LogP contribution is -2.65. The molecule has 4 aliphatic carbocycles. The van der Waals surface area contributed by atoms with Crippen molar-refractivity contribution >= 4 is 11.8 Å². The topological polar surface area (TPSA) is 122 Å². The van der Waals surface area contributed by atoms with Gasteiger partial charge in [0.1, 0.15) is 11.7 Å². The molecule has 2 saturated carbocycles. The van der Waals surface area contributed by atoms with Gasteiger partial charge >= 0.3 is 5.97 Å². The standard InChI is InChI=1S/C29H40N2O6/c1-13(2)31-17(6)21(16(5)30-31)26(35)37-25-14(3)11-28-15(4)9-20-22(27(20,7)8)19(24(28)34)10-18(12-32)23(33)29(25,28)36/h10-11,13,15,19-20,22-23,25,32-33,36H,9,12H2,1-8H3/t15-,19+,20-,22+,23-,25+,28+,29+/m1/s1. The van der Waals surface area contributed by atoms with Gasteiger partial charge in [0.05, 0.1) is 23.4 Å². The van der Waals surface area contributed by atoms with Crippen LogP contribution in [0.5, 0.6) is 0 Å². The summed E-state index contributed by atoms with van der Waals surface area (Å²) in [5.41, 5.74) is -1.45. The van der Waals surface area contributed by atoms with Crippen molar-refractivity contribution in [3.63, 3.8) is 0 Å². The summed E-state index contributed by atoms with van der Waals surface area (Å²) in [7, 11) is 0. The largest absolute Gasteiger partial charge is 0.451 e. The number of nitrogens with zero attached hydrogens (tertiary/aromatic N) is 2. The molecule has 8 heteroatoms. The Morgan fingerprint density at radius 3 is 2.49 bits per heavy atom. The maximum absolute atomic E-state index is 14.4. The van der Waals surface area contributed by atoms with Gasteiger partial charge in [-0.25, -0.2) is 4.79 Å². The van der Waals surface area contributed by atoms with Gasteiger partial charge in [-0.1, -0.05) is 32.9 Å². The smallest absolute Gasteiger partial charge is 0.342 e. The van der Waals surface area contributed by atoms with Crippen LogP contribution in [0.25, 0.3) is 0 Å². The van der Waals surface area contributed by atoms with E-state index in [0.717, 1.165) is 0 Å². The number of ketones is 1. The van der Waals surface area contributed by atoms with E-state index in [1.807, 2.05) is 20.8 Å². The summed E-state index contributed by atoms with van der Waals surface area (Å²) in [6.07, 6.45) is 1.29. The van der Waals surface area contributed by atoms with E-state index >= 15 is 0 Å². The number of rotatable bonds is 4. The number of ether oxygens (including phenoxy) is 1. The molecule has 37 heavy (non-hydrogen) atoms. The summed E-state index contributed by atoms with van der Waals surface area (Å²) < 4.78 is 7.78. The fraction of sp³-hybridized carbons (Fsp3) is 0.690. The first-order chi connectivity index (χ1) is 17.2. The fourth-order valence-electron chi connectivity index (χ4n) is 8.22. The molecular formula is C29H40N2O6. The van der Waals surface area contributed by atoms with E-state index < -0.39 is 41.7 Å². The van der Waals surface area contributed by atoms with Crippen LogP contribution >= 0.6 is 0 Å². The van der Waals surface area contributed by atoms with E-state index in [1.165, 1.54) is 0 Å². The van der Waals surface area contributed by atoms with Gasteiger partial charge in [-0.3, -0.25) is 9.48 Å². The predicted molar refractivity (Wildman–Crippen MR) is 137 cm³/mol. The van der Waals surface area contributed by atoms with E-state index in [1.54, 1.807) is 37.6 Å². The van der Waals surface area contributed by atoms with Gasteiger partial charge in [0.25, 0.3) is 0 Å². The molecule has 202 valence electrons. The van der Waals surface area contributed by atoms with Crippen LogP contribution in [0.1, 0.15) is 75.8 Å². The Hall–Kier alpha value is -2.29. The Morgan fingerprint density at radius 1 is 1.27 bits per heavy atom. The second kappa shape index (κ2) is 8.10. The van der Waals surface area contributed by atoms with E-state index in [-0.39, 0.29) is 40.6 Å². The Morgan fingerprint density at radius 2 is 1.92 bits per heavy atom. The molecular weight excluding hydrogens is 472 g/mol. The van der Waals surface area contributed by atoms with Crippen LogP contribution in [0.3, 0.4) is 0 Å². The average Bonchev–Trinajstić information content (AvgIpc) is 3.12. The Labute approximate surface area is 218 Å². The zero-order chi connectivity index (χ0) is 27.4. The van der Waals surface area contributed by atoms with Crippen LogP contribution in [-0.2, 0) is 9.53 Å². The highest BCUT2D eigenvalue weighted by Gasteiger charge is 2.76. The summed E-state index contributed by atoms with van der Waals surface area (Å²) in [6.45, 7) is 15.0. The lowest BCUT2D eigenvalue weighted by Gasteiger charge is -2.48. The van der Waals surface area contributed by atoms with Gasteiger partial charge in [-0.05, 0) is 75.4 Å². The lowest BCUT2D eigenvalue weighted by molar-refractivity contribution is -0.190. The van der Waals surface area contributed by atoms with Crippen molar-refractivity contribution in [2.45, 2.75) is 85.7 Å². The van der Waals surface area contributed by atoms with Crippen molar-refractivity contribution < 1.29 is 29.6 Å². The van der Waals surface area contributed by atoms with Gasteiger partial charge in [0.15, 0.2) is 17.5 Å². The van der Waals surface area contributed by atoms with Crippen LogP contribution in [0, 0.1) is 48.3 Å². The second-order valence-corrected chi connectivity index (χ2v) is 12.7. The number of hydrogen-bond acceptors (Lipinski definition) is 7. The molecule has 2 fully saturated rings. The number of carbonyl (C=O) groups excluding carboxylic acids is 2. The zero-order valence-corrected chi connectivity index (χ0v) is 23.1. The number of Topliss-reactive ketones (excluding diaryl/α,β-unsaturated/α-hetero) is 1. The normalized spacial score (nSPS) is 39.8. The number of aromatic nitrogens is 2. The summed E-state index contributed by atoms with van der Waals surface area (Å²) in [5, 5.41) is 38.9. The SMILES string of the molecule is CC1=C[C@]23C(=O)[C@@H](C=C(CO)[C@@H](O)[C@]2(O)[C@H]1OC(=O)c1c(C)nn(C(C)C)c1C)[C@H]1[C@@H](C[C@H]3C)C1(C)C. The average molecular weight is 513 g/mol. The molecule has 4 aliphatic rings. The first-order valence-electron chi connectivity index (χ1n) is 13.4. The highest BCUT2D eigenvalue weighted by molar-refractivity contribution is 5.96. The molecule has 1 aromatic heterocycles. The third-order valence-electron chi connectivity index (χ3n) is 10.1. The van der Waals surface area contributed by atoms with Crippen LogP contribution in [-0.4, -0.2) is 61.3 Å². The molecule has 8 atom stereocenters. The first-order valence-corrected chi connectivity index (χ1v) is 13.4. The number of aryl methyl sites for hydroxylation is 1. The lowest BCUT2D eigenvalue weighted by atomic mass is 9.59. The molecule has 5 rings (SSSR count). The third kappa shape index (κ3) is 3.15. The number of carbonyl (C=O) groups is 2. The van der Waals surface area contributed by atoms with Crippen LogP contribution in [0.2, 0.25) is 0 Å². The van der Waals surface area contributed by atoms with Crippen molar-refractivity contribution in [3.8, 4) is 0 Å². The highest BCUT2D eigenvalue weighted by Crippen LogP contribution is 2.71. The van der Waals surface area contributed by atoms with Gasteiger partial charge < -0.3 is 20.1 Å². The Balaban J connectivity index is 1.62. The van der Waals surface area contributed by atoms with Crippen LogP contribution in [0.4, 0.5) is 0 Å². The van der Waals surface area contributed by atoms with Gasteiger partial charge in [0.2, 0.25) is 0 Å². The number of aliphatic hydroxyl groups excluding tert-OH is 2. The molecule has 3 N–H and O–H groups in total. The fourth-order valence-corrected chi connectivity index (χ4v) is 8.22. The molecule has 0 saturated heterocycles. The second-order valence-electron chi connectivity index (χ2n) is 12.7. The van der Waals surface area contributed by atoms with Crippen molar-refractivity contribution in [1.82, 2.24) is 9.78 Å². The zero-order valence-electron chi connectivity index (χ0n) is 23.1. The van der Waals surface area contributed by atoms with Crippen LogP contribution < -0.4 is 0 Å². The molecule has 0 radical (unpaired) electrons. The maximum atomic E-state index is 14.4. The number of allylic oxidation sites excluding steroid dienone is 1. The van der Waals surface area contributed by atoms with Crippen molar-refractivity contribution in [2.75, 3.05) is 6.61 Å². The monoisotopic (exact) mass is 512 g/mol. The molecule has 0 amide bonds. The first kappa shape index (κ1) is 26.3. The minimum absolute atomic E-state index is 0.0406. The molecule has 1 heterocycles. The van der Waals surface area contributed by atoms with E-state index in [9.17, 15) is 24.9 Å². The van der Waals surface area contributed by atoms with E-state index in [0.29, 0.717) is 28.9 Å². The van der Waals surface area contributed by atoms with Gasteiger partial charge in [-0.15, -0.1) is 0 Å². The molecule has 1 aromatic rings. The quantitative estimate of drug-likeness (QED) is 0.419. The highest BCUT2D eigenvalue weighted by atomic mass is 16.6. The maximum Gasteiger partial charge on any atom is 0.342 e. The minimum atomic E-state index is -2.15. The minimum Gasteiger partial charge on any atom is -0.451 e. The Bertz CT molecular complexity index is 1240. The van der Waals surface area contributed by atoms with Gasteiger partial charge in [0, 0.05) is 12.0 Å². The summed E-state index contributed by atoms with van der Waals surface area (Å²) in [4.78, 5) is 28.0. The molecule has 1 spiro atoms. The van der Waals surface area contributed by atoms with E-state index in [4.69, 9.17) is 4.74 Å². The third-order valence-corrected chi connectivity index (χ3v) is 10.1. The number of hydrogen-bond donors (Lipinski definition) is 3. The number of fused-ring (bicyclic) bond motifs is 3.